The lowest BCUT2D eigenvalue weighted by Gasteiger charge is -2.20. The van der Waals surface area contributed by atoms with Crippen LogP contribution in [0.25, 0.3) is 27.6 Å². The Kier molecular flexibility index (Phi) is 6.89. The average Bonchev–Trinajstić information content (AvgIpc) is 3.16. The fourth-order valence-electron chi connectivity index (χ4n) is 3.85. The van der Waals surface area contributed by atoms with E-state index in [-0.39, 0.29) is 5.97 Å². The van der Waals surface area contributed by atoms with Crippen LogP contribution in [0.2, 0.25) is 0 Å². The van der Waals surface area contributed by atoms with Gasteiger partial charge < -0.3 is 14.5 Å². The van der Waals surface area contributed by atoms with Crippen LogP contribution in [0.5, 0.6) is 5.75 Å². The van der Waals surface area contributed by atoms with Gasteiger partial charge in [-0.05, 0) is 66.1 Å². The molecule has 2 aromatic carbocycles. The zero-order valence-electron chi connectivity index (χ0n) is 19.6. The van der Waals surface area contributed by atoms with E-state index in [1.165, 1.54) is 24.3 Å². The van der Waals surface area contributed by atoms with E-state index < -0.39 is 0 Å². The molecule has 1 N–H and O–H groups in total. The van der Waals surface area contributed by atoms with E-state index >= 15 is 0 Å². The van der Waals surface area contributed by atoms with Crippen molar-refractivity contribution in [3.05, 3.63) is 59.3 Å². The number of aromatic amines is 1. The smallest absolute Gasteiger partial charge is 0.330 e. The van der Waals surface area contributed by atoms with Crippen LogP contribution in [-0.2, 0) is 9.53 Å². The molecule has 4 nitrogen and oxygen atoms in total. The van der Waals surface area contributed by atoms with Gasteiger partial charge in [0, 0.05) is 34.3 Å². The van der Waals surface area contributed by atoms with Gasteiger partial charge in [0.15, 0.2) is 0 Å². The Morgan fingerprint density at radius 1 is 1.06 bits per heavy atom. The molecule has 0 aliphatic carbocycles. The molecule has 0 fully saturated rings. The summed E-state index contributed by atoms with van der Waals surface area (Å²) in [6.07, 6.45) is 3.58. The number of benzene rings is 2. The molecule has 4 heteroatoms. The van der Waals surface area contributed by atoms with Gasteiger partial charge in [-0.1, -0.05) is 39.8 Å². The molecular formula is C27H33NO3. The predicted octanol–water partition coefficient (Wildman–Crippen LogP) is 7.06. The maximum Gasteiger partial charge on any atom is 0.330 e. The molecule has 0 unspecified atom stereocenters. The number of hydrogen-bond acceptors (Lipinski definition) is 3. The summed E-state index contributed by atoms with van der Waals surface area (Å²) in [4.78, 5) is 15.1. The van der Waals surface area contributed by atoms with Crippen LogP contribution >= 0.6 is 0 Å². The molecule has 31 heavy (non-hydrogen) atoms. The highest BCUT2D eigenvalue weighted by atomic mass is 16.5. The van der Waals surface area contributed by atoms with Gasteiger partial charge >= 0.3 is 5.97 Å². The number of methoxy groups -OCH3 is 1. The topological polar surface area (TPSA) is 51.3 Å². The summed E-state index contributed by atoms with van der Waals surface area (Å²) in [5, 5.41) is 1.10. The summed E-state index contributed by atoms with van der Waals surface area (Å²) >= 11 is 0. The van der Waals surface area contributed by atoms with Crippen LogP contribution in [0.15, 0.2) is 42.6 Å². The van der Waals surface area contributed by atoms with E-state index in [1.807, 2.05) is 19.9 Å². The highest BCUT2D eigenvalue weighted by Gasteiger charge is 2.20. The van der Waals surface area contributed by atoms with Crippen molar-refractivity contribution in [3.8, 4) is 16.9 Å². The quantitative estimate of drug-likeness (QED) is 0.329. The van der Waals surface area contributed by atoms with Crippen LogP contribution in [0.3, 0.4) is 0 Å². The zero-order chi connectivity index (χ0) is 22.7. The first-order chi connectivity index (χ1) is 14.8. The van der Waals surface area contributed by atoms with Gasteiger partial charge in [-0.25, -0.2) is 4.79 Å². The van der Waals surface area contributed by atoms with Crippen molar-refractivity contribution in [3.63, 3.8) is 0 Å². The van der Waals surface area contributed by atoms with Crippen molar-refractivity contribution < 1.29 is 14.3 Å². The first-order valence-corrected chi connectivity index (χ1v) is 11.0. The minimum Gasteiger partial charge on any atom is -0.493 e. The molecule has 0 bridgehead atoms. The molecule has 0 spiro atoms. The third-order valence-electron chi connectivity index (χ3n) is 5.68. The Bertz CT molecular complexity index is 1120. The molecular weight excluding hydrogens is 386 g/mol. The molecule has 0 aliphatic rings. The highest BCUT2D eigenvalue weighted by molar-refractivity contribution is 6.00. The Labute approximate surface area is 185 Å². The first kappa shape index (κ1) is 22.7. The van der Waals surface area contributed by atoms with Gasteiger partial charge in [0.1, 0.15) is 5.75 Å². The lowest BCUT2D eigenvalue weighted by Crippen LogP contribution is -2.03. The Morgan fingerprint density at radius 3 is 2.42 bits per heavy atom. The van der Waals surface area contributed by atoms with E-state index in [0.29, 0.717) is 18.4 Å². The fourth-order valence-corrected chi connectivity index (χ4v) is 3.85. The standard InChI is InChI=1S/C27H33NO3/c1-8-31-27-21(17(4)5)13-20(16(2)3)14-23(27)24-15-28-25-10-9-19(12-22(24)25)18(6)11-26(29)30-7/h9-17,28H,8H2,1-7H3. The number of carbonyl (C=O) groups excluding carboxylic acids is 1. The van der Waals surface area contributed by atoms with E-state index in [2.05, 4.69) is 63.1 Å². The van der Waals surface area contributed by atoms with Crippen molar-refractivity contribution >= 4 is 22.4 Å². The van der Waals surface area contributed by atoms with Gasteiger partial charge in [0.2, 0.25) is 0 Å². The SMILES string of the molecule is CCOc1c(-c2c[nH]c3ccc(C(C)=CC(=O)OC)cc23)cc(C(C)C)cc1C(C)C. The van der Waals surface area contributed by atoms with E-state index in [4.69, 9.17) is 9.47 Å². The van der Waals surface area contributed by atoms with E-state index in [9.17, 15) is 4.79 Å². The van der Waals surface area contributed by atoms with Crippen LogP contribution < -0.4 is 4.74 Å². The maximum absolute atomic E-state index is 11.7. The molecule has 0 radical (unpaired) electrons. The molecule has 1 aromatic heterocycles. The van der Waals surface area contributed by atoms with Crippen molar-refractivity contribution in [1.29, 1.82) is 0 Å². The number of rotatable bonds is 7. The van der Waals surface area contributed by atoms with Crippen LogP contribution in [0.4, 0.5) is 0 Å². The number of ether oxygens (including phenoxy) is 2. The van der Waals surface area contributed by atoms with Gasteiger partial charge in [0.05, 0.1) is 13.7 Å². The van der Waals surface area contributed by atoms with Gasteiger partial charge in [-0.3, -0.25) is 0 Å². The third-order valence-corrected chi connectivity index (χ3v) is 5.68. The van der Waals surface area contributed by atoms with E-state index in [1.54, 1.807) is 0 Å². The summed E-state index contributed by atoms with van der Waals surface area (Å²) in [6.45, 7) is 13.4. The lowest BCUT2D eigenvalue weighted by molar-refractivity contribution is -0.134. The maximum atomic E-state index is 11.7. The number of H-pyrrole nitrogens is 1. The molecule has 0 aliphatic heterocycles. The summed E-state index contributed by atoms with van der Waals surface area (Å²) in [7, 11) is 1.39. The fraction of sp³-hybridized carbons (Fsp3) is 0.370. The highest BCUT2D eigenvalue weighted by Crippen LogP contribution is 2.42. The summed E-state index contributed by atoms with van der Waals surface area (Å²) < 4.78 is 11.0. The van der Waals surface area contributed by atoms with Crippen LogP contribution in [0.1, 0.15) is 70.1 Å². The predicted molar refractivity (Wildman–Crippen MR) is 129 cm³/mol. The largest absolute Gasteiger partial charge is 0.493 e. The van der Waals surface area contributed by atoms with Crippen molar-refractivity contribution in [1.82, 2.24) is 4.98 Å². The van der Waals surface area contributed by atoms with Crippen molar-refractivity contribution in [2.45, 2.75) is 53.4 Å². The normalized spacial score (nSPS) is 12.1. The minimum absolute atomic E-state index is 0.350. The molecule has 164 valence electrons. The van der Waals surface area contributed by atoms with Crippen molar-refractivity contribution in [2.75, 3.05) is 13.7 Å². The lowest BCUT2D eigenvalue weighted by atomic mass is 9.89. The zero-order valence-corrected chi connectivity index (χ0v) is 19.6. The number of hydrogen-bond donors (Lipinski definition) is 1. The number of allylic oxidation sites excluding steroid dienone is 1. The number of esters is 1. The second kappa shape index (κ2) is 9.42. The number of aromatic nitrogens is 1. The Morgan fingerprint density at radius 2 is 1.81 bits per heavy atom. The third kappa shape index (κ3) is 4.68. The number of nitrogens with one attached hydrogen (secondary N) is 1. The summed E-state index contributed by atoms with van der Waals surface area (Å²) in [6, 6.07) is 10.7. The van der Waals surface area contributed by atoms with Gasteiger partial charge in [-0.2, -0.15) is 0 Å². The van der Waals surface area contributed by atoms with Crippen LogP contribution in [0, 0.1) is 0 Å². The molecule has 0 saturated heterocycles. The summed E-state index contributed by atoms with van der Waals surface area (Å²) in [5.74, 6) is 1.37. The van der Waals surface area contributed by atoms with Gasteiger partial charge in [0.25, 0.3) is 0 Å². The Balaban J connectivity index is 2.26. The summed E-state index contributed by atoms with van der Waals surface area (Å²) in [5.41, 5.74) is 7.65. The molecule has 1 heterocycles. The Hall–Kier alpha value is -3.01. The monoisotopic (exact) mass is 419 g/mol. The number of fused-ring (bicyclic) bond motifs is 1. The van der Waals surface area contributed by atoms with Crippen LogP contribution in [-0.4, -0.2) is 24.7 Å². The molecule has 0 amide bonds. The second-order valence-electron chi connectivity index (χ2n) is 8.54. The first-order valence-electron chi connectivity index (χ1n) is 11.0. The van der Waals surface area contributed by atoms with Crippen molar-refractivity contribution in [2.24, 2.45) is 0 Å². The average molecular weight is 420 g/mol. The molecule has 0 saturated carbocycles. The van der Waals surface area contributed by atoms with Gasteiger partial charge in [-0.15, -0.1) is 0 Å². The second-order valence-corrected chi connectivity index (χ2v) is 8.54. The molecule has 0 atom stereocenters. The van der Waals surface area contributed by atoms with E-state index in [0.717, 1.165) is 38.9 Å². The minimum atomic E-state index is -0.350. The molecule has 3 rings (SSSR count). The number of carbonyl (C=O) groups is 1. The molecule has 3 aromatic rings.